The van der Waals surface area contributed by atoms with Gasteiger partial charge in [-0.2, -0.15) is 0 Å². The molecule has 0 aliphatic rings. The lowest BCUT2D eigenvalue weighted by Gasteiger charge is -2.26. The minimum Gasteiger partial charge on any atom is -0.347 e. The lowest BCUT2D eigenvalue weighted by molar-refractivity contribution is -0.118. The maximum Gasteiger partial charge on any atom is 0.244 e. The molecule has 0 radical (unpaired) electrons. The minimum atomic E-state index is -0.345. The van der Waals surface area contributed by atoms with E-state index in [1.807, 2.05) is 57.2 Å². The summed E-state index contributed by atoms with van der Waals surface area (Å²) in [6.45, 7) is 5.87. The molecule has 1 aromatic carbocycles. The number of carbonyl (C=O) groups excluding carboxylic acids is 1. The fraction of sp³-hybridized carbons (Fsp3) is 0.312. The normalized spacial score (nSPS) is 12.2. The van der Waals surface area contributed by atoms with Gasteiger partial charge in [-0.05, 0) is 38.8 Å². The molecule has 1 rings (SSSR count). The first kappa shape index (κ1) is 15.5. The molecule has 0 aromatic heterocycles. The zero-order valence-corrected chi connectivity index (χ0v) is 12.4. The van der Waals surface area contributed by atoms with Crippen molar-refractivity contribution in [3.8, 4) is 0 Å². The van der Waals surface area contributed by atoms with Gasteiger partial charge in [0.2, 0.25) is 5.91 Å². The first-order valence-electron chi connectivity index (χ1n) is 6.29. The van der Waals surface area contributed by atoms with Crippen LogP contribution in [0.1, 0.15) is 26.3 Å². The van der Waals surface area contributed by atoms with Gasteiger partial charge in [-0.1, -0.05) is 48.0 Å². The Labute approximate surface area is 120 Å². The summed E-state index contributed by atoms with van der Waals surface area (Å²) in [5.74, 6) is -0.102. The molecule has 0 heterocycles. The van der Waals surface area contributed by atoms with Crippen molar-refractivity contribution >= 4 is 17.5 Å². The van der Waals surface area contributed by atoms with E-state index in [1.54, 1.807) is 6.08 Å². The number of hydrogen-bond acceptors (Lipinski definition) is 1. The molecule has 0 saturated carbocycles. The molecule has 1 aromatic rings. The SMILES string of the molecule is C/C=C/C=C/C(=O)NC(C)(C)Cc1ccccc1Cl. The Bertz CT molecular complexity index is 489. The van der Waals surface area contributed by atoms with E-state index in [-0.39, 0.29) is 11.4 Å². The molecule has 0 atom stereocenters. The van der Waals surface area contributed by atoms with Crippen molar-refractivity contribution in [3.63, 3.8) is 0 Å². The number of allylic oxidation sites excluding steroid dienone is 3. The molecule has 3 heteroatoms. The molecule has 0 saturated heterocycles. The zero-order valence-electron chi connectivity index (χ0n) is 11.6. The van der Waals surface area contributed by atoms with Crippen LogP contribution >= 0.6 is 11.6 Å². The number of rotatable bonds is 5. The number of hydrogen-bond donors (Lipinski definition) is 1. The quantitative estimate of drug-likeness (QED) is 0.642. The van der Waals surface area contributed by atoms with Crippen molar-refractivity contribution in [1.82, 2.24) is 5.32 Å². The Morgan fingerprint density at radius 2 is 2.00 bits per heavy atom. The van der Waals surface area contributed by atoms with Crippen LogP contribution < -0.4 is 5.32 Å². The molecule has 1 N–H and O–H groups in total. The maximum absolute atomic E-state index is 11.7. The summed E-state index contributed by atoms with van der Waals surface area (Å²) in [5.41, 5.74) is 0.689. The highest BCUT2D eigenvalue weighted by Gasteiger charge is 2.20. The van der Waals surface area contributed by atoms with Crippen molar-refractivity contribution in [2.24, 2.45) is 0 Å². The van der Waals surface area contributed by atoms with Gasteiger partial charge in [-0.15, -0.1) is 0 Å². The number of benzene rings is 1. The summed E-state index contributed by atoms with van der Waals surface area (Å²) < 4.78 is 0. The third-order valence-electron chi connectivity index (χ3n) is 2.60. The second-order valence-electron chi connectivity index (χ2n) is 5.03. The highest BCUT2D eigenvalue weighted by Crippen LogP contribution is 2.20. The van der Waals surface area contributed by atoms with Crippen LogP contribution in [0, 0.1) is 0 Å². The summed E-state index contributed by atoms with van der Waals surface area (Å²) in [7, 11) is 0. The van der Waals surface area contributed by atoms with E-state index in [2.05, 4.69) is 5.32 Å². The predicted molar refractivity (Wildman–Crippen MR) is 81.3 cm³/mol. The van der Waals surface area contributed by atoms with E-state index >= 15 is 0 Å². The van der Waals surface area contributed by atoms with Gasteiger partial charge in [0.05, 0.1) is 0 Å². The van der Waals surface area contributed by atoms with Crippen molar-refractivity contribution in [2.45, 2.75) is 32.7 Å². The Morgan fingerprint density at radius 3 is 2.63 bits per heavy atom. The summed E-state index contributed by atoms with van der Waals surface area (Å²) >= 11 is 6.13. The van der Waals surface area contributed by atoms with Gasteiger partial charge in [0, 0.05) is 16.6 Å². The number of halogens is 1. The summed E-state index contributed by atoms with van der Waals surface area (Å²) in [5, 5.41) is 3.70. The number of amides is 1. The fourth-order valence-corrected chi connectivity index (χ4v) is 1.99. The van der Waals surface area contributed by atoms with Crippen LogP contribution in [0.25, 0.3) is 0 Å². The first-order chi connectivity index (χ1) is 8.94. The fourth-order valence-electron chi connectivity index (χ4n) is 1.79. The third kappa shape index (κ3) is 5.75. The highest BCUT2D eigenvalue weighted by molar-refractivity contribution is 6.31. The molecule has 0 aliphatic carbocycles. The van der Waals surface area contributed by atoms with Gasteiger partial charge >= 0.3 is 0 Å². The Hall–Kier alpha value is -1.54. The third-order valence-corrected chi connectivity index (χ3v) is 2.97. The van der Waals surface area contributed by atoms with Gasteiger partial charge in [0.15, 0.2) is 0 Å². The monoisotopic (exact) mass is 277 g/mol. The van der Waals surface area contributed by atoms with Crippen molar-refractivity contribution in [1.29, 1.82) is 0 Å². The molecular formula is C16H20ClNO. The van der Waals surface area contributed by atoms with Crippen LogP contribution in [0.5, 0.6) is 0 Å². The Balaban J connectivity index is 2.66. The molecular weight excluding hydrogens is 258 g/mol. The van der Waals surface area contributed by atoms with Crippen LogP contribution in [-0.2, 0) is 11.2 Å². The molecule has 0 aliphatic heterocycles. The summed E-state index contributed by atoms with van der Waals surface area (Å²) in [4.78, 5) is 11.7. The average Bonchev–Trinajstić information content (AvgIpc) is 2.31. The summed E-state index contributed by atoms with van der Waals surface area (Å²) in [6, 6.07) is 7.69. The molecule has 1 amide bonds. The van der Waals surface area contributed by atoms with E-state index in [4.69, 9.17) is 11.6 Å². The molecule has 0 fully saturated rings. The van der Waals surface area contributed by atoms with Gasteiger partial charge < -0.3 is 5.32 Å². The lowest BCUT2D eigenvalue weighted by Crippen LogP contribution is -2.44. The lowest BCUT2D eigenvalue weighted by atomic mass is 9.95. The number of carbonyl (C=O) groups is 1. The van der Waals surface area contributed by atoms with Crippen molar-refractivity contribution < 1.29 is 4.79 Å². The van der Waals surface area contributed by atoms with E-state index in [0.717, 1.165) is 10.6 Å². The molecule has 0 unspecified atom stereocenters. The molecule has 19 heavy (non-hydrogen) atoms. The van der Waals surface area contributed by atoms with Gasteiger partial charge in [0.25, 0.3) is 0 Å². The van der Waals surface area contributed by atoms with Crippen LogP contribution in [-0.4, -0.2) is 11.4 Å². The number of nitrogens with one attached hydrogen (secondary N) is 1. The predicted octanol–water partition coefficient (Wildman–Crippen LogP) is 3.91. The van der Waals surface area contributed by atoms with E-state index < -0.39 is 0 Å². The second-order valence-corrected chi connectivity index (χ2v) is 5.43. The standard InChI is InChI=1S/C16H20ClNO/c1-4-5-6-11-15(19)18-16(2,3)12-13-9-7-8-10-14(13)17/h4-11H,12H2,1-3H3,(H,18,19)/b5-4+,11-6+. The van der Waals surface area contributed by atoms with Crippen LogP contribution in [0.3, 0.4) is 0 Å². The van der Waals surface area contributed by atoms with Crippen LogP contribution in [0.2, 0.25) is 5.02 Å². The molecule has 102 valence electrons. The largest absolute Gasteiger partial charge is 0.347 e. The highest BCUT2D eigenvalue weighted by atomic mass is 35.5. The smallest absolute Gasteiger partial charge is 0.244 e. The van der Waals surface area contributed by atoms with E-state index in [1.165, 1.54) is 6.08 Å². The van der Waals surface area contributed by atoms with Gasteiger partial charge in [-0.3, -0.25) is 4.79 Å². The van der Waals surface area contributed by atoms with Crippen molar-refractivity contribution in [2.75, 3.05) is 0 Å². The Kier molecular flexibility index (Phi) is 5.84. The molecule has 0 spiro atoms. The van der Waals surface area contributed by atoms with Crippen LogP contribution in [0.4, 0.5) is 0 Å². The molecule has 0 bridgehead atoms. The topological polar surface area (TPSA) is 29.1 Å². The first-order valence-corrected chi connectivity index (χ1v) is 6.67. The molecule has 2 nitrogen and oxygen atoms in total. The zero-order chi connectivity index (χ0) is 14.3. The Morgan fingerprint density at radius 1 is 1.32 bits per heavy atom. The summed E-state index contributed by atoms with van der Waals surface area (Å²) in [6.07, 6.45) is 7.63. The van der Waals surface area contributed by atoms with Crippen LogP contribution in [0.15, 0.2) is 48.6 Å². The van der Waals surface area contributed by atoms with Crippen molar-refractivity contribution in [3.05, 3.63) is 59.2 Å². The van der Waals surface area contributed by atoms with E-state index in [0.29, 0.717) is 6.42 Å². The minimum absolute atomic E-state index is 0.102. The van der Waals surface area contributed by atoms with Gasteiger partial charge in [-0.25, -0.2) is 0 Å². The van der Waals surface area contributed by atoms with Gasteiger partial charge in [0.1, 0.15) is 0 Å². The second kappa shape index (κ2) is 7.15. The van der Waals surface area contributed by atoms with E-state index in [9.17, 15) is 4.79 Å². The average molecular weight is 278 g/mol. The maximum atomic E-state index is 11.7.